The number of halogens is 2. The highest BCUT2D eigenvalue weighted by molar-refractivity contribution is 6.35. The Kier molecular flexibility index (Phi) is 5.50. The number of aryl methyl sites for hydroxylation is 1. The minimum Gasteiger partial charge on any atom is -0.305 e. The third-order valence-corrected chi connectivity index (χ3v) is 7.71. The molecule has 0 spiro atoms. The molecule has 38 heavy (non-hydrogen) atoms. The summed E-state index contributed by atoms with van der Waals surface area (Å²) < 4.78 is 1.94. The van der Waals surface area contributed by atoms with E-state index in [9.17, 15) is 0 Å². The van der Waals surface area contributed by atoms with Gasteiger partial charge in [-0.1, -0.05) is 89.9 Å². The molecule has 1 unspecified atom stereocenters. The third kappa shape index (κ3) is 3.62. The molecule has 2 aliphatic heterocycles. The van der Waals surface area contributed by atoms with Crippen LogP contribution in [0, 0.1) is 6.92 Å². The molecule has 0 N–H and O–H groups in total. The molecule has 0 bridgehead atoms. The van der Waals surface area contributed by atoms with Crippen molar-refractivity contribution >= 4 is 46.4 Å². The predicted octanol–water partition coefficient (Wildman–Crippen LogP) is 8.10. The van der Waals surface area contributed by atoms with E-state index in [1.807, 2.05) is 54.1 Å². The summed E-state index contributed by atoms with van der Waals surface area (Å²) in [5.74, 6) is 1.65. The van der Waals surface area contributed by atoms with Crippen LogP contribution in [0.2, 0.25) is 10.0 Å². The summed E-state index contributed by atoms with van der Waals surface area (Å²) in [5, 5.41) is 6.19. The van der Waals surface area contributed by atoms with Gasteiger partial charge in [-0.15, -0.1) is 0 Å². The maximum atomic E-state index is 6.90. The highest BCUT2D eigenvalue weighted by Crippen LogP contribution is 2.52. The molecule has 1 atom stereocenters. The van der Waals surface area contributed by atoms with Gasteiger partial charge >= 0.3 is 0 Å². The summed E-state index contributed by atoms with van der Waals surface area (Å²) in [6.07, 6.45) is 0. The number of guanidine groups is 1. The van der Waals surface area contributed by atoms with Gasteiger partial charge in [0.05, 0.1) is 35.3 Å². The van der Waals surface area contributed by atoms with Crippen LogP contribution in [0.1, 0.15) is 28.4 Å². The van der Waals surface area contributed by atoms with Crippen LogP contribution in [0.15, 0.2) is 108 Å². The SMILES string of the molecule is Cc1nn(-c2ccccc2)c2c1C(c1ccc(Cl)cc1Cl)N1C(=N2)N(Cc2ccccc2)c2ccccc21. The van der Waals surface area contributed by atoms with Crippen molar-refractivity contribution in [2.75, 3.05) is 9.80 Å². The summed E-state index contributed by atoms with van der Waals surface area (Å²) in [5.41, 5.74) is 7.23. The van der Waals surface area contributed by atoms with E-state index in [-0.39, 0.29) is 6.04 Å². The minimum absolute atomic E-state index is 0.235. The van der Waals surface area contributed by atoms with Gasteiger partial charge in [-0.05, 0) is 54.4 Å². The molecule has 1 aromatic heterocycles. The molecule has 0 amide bonds. The number of benzene rings is 4. The van der Waals surface area contributed by atoms with Crippen LogP contribution in [0.3, 0.4) is 0 Å². The Balaban J connectivity index is 1.50. The lowest BCUT2D eigenvalue weighted by Gasteiger charge is -2.35. The highest BCUT2D eigenvalue weighted by Gasteiger charge is 2.45. The number of para-hydroxylation sites is 3. The van der Waals surface area contributed by atoms with Crippen LogP contribution in [-0.4, -0.2) is 15.7 Å². The molecule has 0 fully saturated rings. The highest BCUT2D eigenvalue weighted by atomic mass is 35.5. The van der Waals surface area contributed by atoms with Crippen LogP contribution in [0.25, 0.3) is 5.69 Å². The monoisotopic (exact) mass is 535 g/mol. The second kappa shape index (κ2) is 9.05. The first-order valence-electron chi connectivity index (χ1n) is 12.5. The summed E-state index contributed by atoms with van der Waals surface area (Å²) in [7, 11) is 0. The summed E-state index contributed by atoms with van der Waals surface area (Å²) in [4.78, 5) is 9.89. The molecule has 0 saturated carbocycles. The lowest BCUT2D eigenvalue weighted by Crippen LogP contribution is -2.43. The summed E-state index contributed by atoms with van der Waals surface area (Å²) >= 11 is 13.2. The van der Waals surface area contributed by atoms with E-state index in [2.05, 4.69) is 70.5 Å². The van der Waals surface area contributed by atoms with Crippen molar-refractivity contribution in [3.05, 3.63) is 136 Å². The maximum Gasteiger partial charge on any atom is 0.213 e. The molecule has 4 aromatic carbocycles. The normalized spacial score (nSPS) is 15.7. The zero-order valence-electron chi connectivity index (χ0n) is 20.6. The van der Waals surface area contributed by atoms with Gasteiger partial charge in [0, 0.05) is 15.6 Å². The van der Waals surface area contributed by atoms with E-state index in [1.54, 1.807) is 0 Å². The first kappa shape index (κ1) is 23.1. The van der Waals surface area contributed by atoms with Crippen LogP contribution >= 0.6 is 23.2 Å². The lowest BCUT2D eigenvalue weighted by molar-refractivity contribution is 0.811. The Morgan fingerprint density at radius 2 is 1.47 bits per heavy atom. The van der Waals surface area contributed by atoms with Gasteiger partial charge in [-0.25, -0.2) is 4.68 Å². The Morgan fingerprint density at radius 1 is 0.789 bits per heavy atom. The van der Waals surface area contributed by atoms with E-state index >= 15 is 0 Å². The van der Waals surface area contributed by atoms with Gasteiger partial charge in [0.1, 0.15) is 0 Å². The van der Waals surface area contributed by atoms with Crippen molar-refractivity contribution in [2.24, 2.45) is 4.99 Å². The molecule has 186 valence electrons. The molecule has 5 aromatic rings. The Labute approximate surface area is 231 Å². The second-order valence-corrected chi connectivity index (χ2v) is 10.3. The van der Waals surface area contributed by atoms with Crippen LogP contribution < -0.4 is 9.80 Å². The number of aromatic nitrogens is 2. The third-order valence-electron chi connectivity index (χ3n) is 7.15. The van der Waals surface area contributed by atoms with Crippen molar-refractivity contribution in [3.63, 3.8) is 0 Å². The van der Waals surface area contributed by atoms with E-state index in [0.717, 1.165) is 45.7 Å². The van der Waals surface area contributed by atoms with Gasteiger partial charge in [-0.2, -0.15) is 10.1 Å². The van der Waals surface area contributed by atoms with Crippen molar-refractivity contribution < 1.29 is 0 Å². The van der Waals surface area contributed by atoms with Crippen LogP contribution in [0.4, 0.5) is 17.2 Å². The van der Waals surface area contributed by atoms with Crippen molar-refractivity contribution in [1.82, 2.24) is 9.78 Å². The average Bonchev–Trinajstić information content (AvgIpc) is 3.44. The lowest BCUT2D eigenvalue weighted by atomic mass is 9.95. The molecule has 3 heterocycles. The van der Waals surface area contributed by atoms with Gasteiger partial charge in [-0.3, -0.25) is 4.90 Å². The molecule has 2 aliphatic rings. The molecule has 0 aliphatic carbocycles. The fraction of sp³-hybridized carbons (Fsp3) is 0.0968. The van der Waals surface area contributed by atoms with Crippen molar-refractivity contribution in [2.45, 2.75) is 19.5 Å². The van der Waals surface area contributed by atoms with E-state index in [0.29, 0.717) is 16.6 Å². The molecular weight excluding hydrogens is 513 g/mol. The van der Waals surface area contributed by atoms with Crippen LogP contribution in [-0.2, 0) is 6.54 Å². The number of nitrogens with zero attached hydrogens (tertiary/aromatic N) is 5. The first-order chi connectivity index (χ1) is 18.6. The molecular formula is C31H23Cl2N5. The zero-order chi connectivity index (χ0) is 25.8. The first-order valence-corrected chi connectivity index (χ1v) is 13.2. The molecule has 0 radical (unpaired) electrons. The molecule has 7 heteroatoms. The summed E-state index contributed by atoms with van der Waals surface area (Å²) in [6.45, 7) is 2.72. The minimum atomic E-state index is -0.235. The fourth-order valence-electron chi connectivity index (χ4n) is 5.48. The number of hydrogen-bond donors (Lipinski definition) is 0. The number of rotatable bonds is 4. The van der Waals surface area contributed by atoms with E-state index in [1.165, 1.54) is 5.56 Å². The smallest absolute Gasteiger partial charge is 0.213 e. The fourth-order valence-corrected chi connectivity index (χ4v) is 5.99. The van der Waals surface area contributed by atoms with Crippen LogP contribution in [0.5, 0.6) is 0 Å². The second-order valence-electron chi connectivity index (χ2n) is 9.48. The standard InChI is InChI=1S/C31H23Cl2N5/c1-20-28-29(24-17-16-22(32)18-25(24)33)37-27-15-9-8-14-26(27)36(19-21-10-4-2-5-11-21)31(37)34-30(28)38(35-20)23-12-6-3-7-13-23/h2-18,29H,19H2,1H3. The van der Waals surface area contributed by atoms with Gasteiger partial charge in [0.25, 0.3) is 0 Å². The average molecular weight is 536 g/mol. The quantitative estimate of drug-likeness (QED) is 0.233. The van der Waals surface area contributed by atoms with E-state index < -0.39 is 0 Å². The van der Waals surface area contributed by atoms with Gasteiger partial charge < -0.3 is 4.90 Å². The molecule has 5 nitrogen and oxygen atoms in total. The van der Waals surface area contributed by atoms with Gasteiger partial charge in [0.2, 0.25) is 5.96 Å². The topological polar surface area (TPSA) is 36.7 Å². The Hall–Kier alpha value is -4.06. The maximum absolute atomic E-state index is 6.90. The Morgan fingerprint density at radius 3 is 2.21 bits per heavy atom. The number of hydrogen-bond acceptors (Lipinski definition) is 4. The van der Waals surface area contributed by atoms with Gasteiger partial charge in [0.15, 0.2) is 5.82 Å². The predicted molar refractivity (Wildman–Crippen MR) is 155 cm³/mol. The Bertz CT molecular complexity index is 1690. The summed E-state index contributed by atoms with van der Waals surface area (Å²) in [6, 6.07) is 34.5. The largest absolute Gasteiger partial charge is 0.305 e. The molecule has 7 rings (SSSR count). The number of aliphatic imine (C=N–C) groups is 1. The van der Waals surface area contributed by atoms with Crippen molar-refractivity contribution in [1.29, 1.82) is 0 Å². The zero-order valence-corrected chi connectivity index (χ0v) is 22.1. The van der Waals surface area contributed by atoms with Crippen molar-refractivity contribution in [3.8, 4) is 5.69 Å². The number of anilines is 2. The van der Waals surface area contributed by atoms with E-state index in [4.69, 9.17) is 33.3 Å². The number of fused-ring (bicyclic) bond motifs is 4. The molecule has 0 saturated heterocycles.